The summed E-state index contributed by atoms with van der Waals surface area (Å²) in [5.74, 6) is 0.775. The smallest absolute Gasteiger partial charge is 0.0890 e. The van der Waals surface area contributed by atoms with Crippen LogP contribution in [-0.2, 0) is 0 Å². The van der Waals surface area contributed by atoms with E-state index in [1.807, 2.05) is 0 Å². The Morgan fingerprint density at radius 2 is 1.71 bits per heavy atom. The molecule has 0 saturated heterocycles. The van der Waals surface area contributed by atoms with Gasteiger partial charge in [-0.1, -0.05) is 39.7 Å². The first-order chi connectivity index (χ1) is 10.3. The number of fused-ring (bicyclic) bond motifs is 1. The first kappa shape index (κ1) is 15.9. The predicted molar refractivity (Wildman–Crippen MR) is 89.3 cm³/mol. The topological polar surface area (TPSA) is 37.8 Å². The van der Waals surface area contributed by atoms with Crippen molar-refractivity contribution in [2.75, 3.05) is 6.54 Å². The molecule has 0 aliphatic rings. The van der Waals surface area contributed by atoms with Crippen LogP contribution in [0, 0.1) is 5.92 Å². The van der Waals surface area contributed by atoms with Gasteiger partial charge in [-0.05, 0) is 43.0 Å². The van der Waals surface area contributed by atoms with Crippen molar-refractivity contribution in [3.05, 3.63) is 36.2 Å². The molecule has 2 aromatic rings. The van der Waals surface area contributed by atoms with Gasteiger partial charge in [0.2, 0.25) is 0 Å². The second-order valence-electron chi connectivity index (χ2n) is 5.73. The molecule has 1 aromatic heterocycles. The van der Waals surface area contributed by atoms with Gasteiger partial charge in [0.15, 0.2) is 0 Å². The van der Waals surface area contributed by atoms with Gasteiger partial charge in [-0.25, -0.2) is 0 Å². The minimum atomic E-state index is 0.418. The number of rotatable bonds is 8. The monoisotopic (exact) mass is 285 g/mol. The molecule has 0 bridgehead atoms. The van der Waals surface area contributed by atoms with Gasteiger partial charge in [0.25, 0.3) is 0 Å². The molecule has 0 radical (unpaired) electrons. The van der Waals surface area contributed by atoms with Crippen LogP contribution in [0.2, 0.25) is 0 Å². The van der Waals surface area contributed by atoms with E-state index in [1.165, 1.54) is 24.8 Å². The maximum absolute atomic E-state index is 4.43. The Labute approximate surface area is 128 Å². The second kappa shape index (κ2) is 8.08. The van der Waals surface area contributed by atoms with E-state index in [0.717, 1.165) is 29.9 Å². The van der Waals surface area contributed by atoms with E-state index >= 15 is 0 Å². The van der Waals surface area contributed by atoms with Crippen LogP contribution < -0.4 is 5.32 Å². The zero-order valence-corrected chi connectivity index (χ0v) is 13.5. The van der Waals surface area contributed by atoms with Crippen LogP contribution in [0.4, 0.5) is 0 Å². The molecule has 0 fully saturated rings. The Hall–Kier alpha value is -1.48. The molecule has 114 valence electrons. The quantitative estimate of drug-likeness (QED) is 0.776. The fourth-order valence-corrected chi connectivity index (χ4v) is 2.81. The molecule has 3 heteroatoms. The minimum Gasteiger partial charge on any atom is -0.310 e. The zero-order chi connectivity index (χ0) is 15.1. The number of benzene rings is 1. The molecule has 3 nitrogen and oxygen atoms in total. The van der Waals surface area contributed by atoms with Crippen LogP contribution in [0.15, 0.2) is 30.6 Å². The number of aromatic nitrogens is 2. The van der Waals surface area contributed by atoms with Crippen molar-refractivity contribution < 1.29 is 0 Å². The first-order valence-corrected chi connectivity index (χ1v) is 8.22. The van der Waals surface area contributed by atoms with Gasteiger partial charge in [-0.3, -0.25) is 9.97 Å². The first-order valence-electron chi connectivity index (χ1n) is 8.22. The lowest BCUT2D eigenvalue weighted by Gasteiger charge is -2.23. The van der Waals surface area contributed by atoms with Gasteiger partial charge in [0.05, 0.1) is 11.0 Å². The van der Waals surface area contributed by atoms with E-state index in [1.54, 1.807) is 12.4 Å². The summed E-state index contributed by atoms with van der Waals surface area (Å²) in [5, 5.41) is 3.70. The zero-order valence-electron chi connectivity index (χ0n) is 13.5. The van der Waals surface area contributed by atoms with Gasteiger partial charge < -0.3 is 5.32 Å². The van der Waals surface area contributed by atoms with Crippen molar-refractivity contribution >= 4 is 11.0 Å². The average Bonchev–Trinajstić information content (AvgIpc) is 2.55. The second-order valence-corrected chi connectivity index (χ2v) is 5.73. The average molecular weight is 285 g/mol. The van der Waals surface area contributed by atoms with E-state index in [-0.39, 0.29) is 0 Å². The molecule has 1 aromatic carbocycles. The lowest BCUT2D eigenvalue weighted by molar-refractivity contribution is 0.371. The van der Waals surface area contributed by atoms with Gasteiger partial charge in [-0.2, -0.15) is 0 Å². The molecule has 0 aliphatic carbocycles. The molecule has 0 saturated carbocycles. The number of hydrogen-bond donors (Lipinski definition) is 1. The standard InChI is InChI=1S/C18H27N3/c1-4-9-19-17(12-14(5-2)6-3)15-7-8-16-18(13-15)21-11-10-20-16/h7-8,10-11,13-14,17,19H,4-6,9,12H2,1-3H3. The molecular weight excluding hydrogens is 258 g/mol. The van der Waals surface area contributed by atoms with E-state index in [0.29, 0.717) is 6.04 Å². The van der Waals surface area contributed by atoms with Crippen molar-refractivity contribution in [3.8, 4) is 0 Å². The van der Waals surface area contributed by atoms with Gasteiger partial charge in [-0.15, -0.1) is 0 Å². The SMILES string of the molecule is CCCNC(CC(CC)CC)c1ccc2nccnc2c1. The Bertz CT molecular complexity index is 549. The molecule has 21 heavy (non-hydrogen) atoms. The lowest BCUT2D eigenvalue weighted by Crippen LogP contribution is -2.24. The van der Waals surface area contributed by atoms with Crippen molar-refractivity contribution in [3.63, 3.8) is 0 Å². The summed E-state index contributed by atoms with van der Waals surface area (Å²) in [6.07, 6.45) is 8.36. The third-order valence-corrected chi connectivity index (χ3v) is 4.26. The molecule has 0 amide bonds. The molecule has 1 unspecified atom stereocenters. The molecule has 2 rings (SSSR count). The van der Waals surface area contributed by atoms with Crippen LogP contribution in [0.1, 0.15) is 58.1 Å². The highest BCUT2D eigenvalue weighted by molar-refractivity contribution is 5.74. The lowest BCUT2D eigenvalue weighted by atomic mass is 9.91. The van der Waals surface area contributed by atoms with Crippen molar-refractivity contribution in [1.29, 1.82) is 0 Å². The minimum absolute atomic E-state index is 0.418. The van der Waals surface area contributed by atoms with Crippen LogP contribution in [0.5, 0.6) is 0 Å². The van der Waals surface area contributed by atoms with E-state index < -0.39 is 0 Å². The van der Waals surface area contributed by atoms with Crippen molar-refractivity contribution in [2.45, 2.75) is 52.5 Å². The summed E-state index contributed by atoms with van der Waals surface area (Å²) >= 11 is 0. The molecule has 1 atom stereocenters. The highest BCUT2D eigenvalue weighted by atomic mass is 14.9. The Kier molecular flexibility index (Phi) is 6.12. The predicted octanol–water partition coefficient (Wildman–Crippen LogP) is 4.50. The molecule has 0 spiro atoms. The third-order valence-electron chi connectivity index (χ3n) is 4.26. The van der Waals surface area contributed by atoms with Gasteiger partial charge in [0.1, 0.15) is 0 Å². The number of nitrogens with zero attached hydrogens (tertiary/aromatic N) is 2. The molecule has 1 heterocycles. The maximum atomic E-state index is 4.43. The van der Waals surface area contributed by atoms with Crippen molar-refractivity contribution in [1.82, 2.24) is 15.3 Å². The van der Waals surface area contributed by atoms with Crippen LogP contribution in [0.25, 0.3) is 11.0 Å². The van der Waals surface area contributed by atoms with Crippen molar-refractivity contribution in [2.24, 2.45) is 5.92 Å². The van der Waals surface area contributed by atoms with Crippen LogP contribution >= 0.6 is 0 Å². The highest BCUT2D eigenvalue weighted by Crippen LogP contribution is 2.26. The Morgan fingerprint density at radius 1 is 1.00 bits per heavy atom. The summed E-state index contributed by atoms with van der Waals surface area (Å²) in [6, 6.07) is 6.90. The normalized spacial score (nSPS) is 13.0. The number of hydrogen-bond acceptors (Lipinski definition) is 3. The third kappa shape index (κ3) is 4.24. The summed E-state index contributed by atoms with van der Waals surface area (Å²) < 4.78 is 0. The maximum Gasteiger partial charge on any atom is 0.0890 e. The molecular formula is C18H27N3. The summed E-state index contributed by atoms with van der Waals surface area (Å²) in [5.41, 5.74) is 3.30. The van der Waals surface area contributed by atoms with Gasteiger partial charge >= 0.3 is 0 Å². The van der Waals surface area contributed by atoms with E-state index in [9.17, 15) is 0 Å². The summed E-state index contributed by atoms with van der Waals surface area (Å²) in [4.78, 5) is 8.79. The fraction of sp³-hybridized carbons (Fsp3) is 0.556. The Morgan fingerprint density at radius 3 is 2.38 bits per heavy atom. The fourth-order valence-electron chi connectivity index (χ4n) is 2.81. The Balaban J connectivity index is 2.24. The molecule has 0 aliphatic heterocycles. The molecule has 1 N–H and O–H groups in total. The van der Waals surface area contributed by atoms with Crippen LogP contribution in [0.3, 0.4) is 0 Å². The van der Waals surface area contributed by atoms with Gasteiger partial charge in [0, 0.05) is 18.4 Å². The highest BCUT2D eigenvalue weighted by Gasteiger charge is 2.16. The summed E-state index contributed by atoms with van der Waals surface area (Å²) in [6.45, 7) is 7.85. The van der Waals surface area contributed by atoms with Crippen LogP contribution in [-0.4, -0.2) is 16.5 Å². The van der Waals surface area contributed by atoms with E-state index in [4.69, 9.17) is 0 Å². The summed E-state index contributed by atoms with van der Waals surface area (Å²) in [7, 11) is 0. The number of nitrogens with one attached hydrogen (secondary N) is 1. The largest absolute Gasteiger partial charge is 0.310 e. The van der Waals surface area contributed by atoms with E-state index in [2.05, 4.69) is 54.3 Å².